The van der Waals surface area contributed by atoms with Crippen LogP contribution in [-0.2, 0) is 11.2 Å². The van der Waals surface area contributed by atoms with Gasteiger partial charge >= 0.3 is 0 Å². The van der Waals surface area contributed by atoms with E-state index in [9.17, 15) is 22.8 Å². The first kappa shape index (κ1) is 17.5. The zero-order chi connectivity index (χ0) is 17.9. The average Bonchev–Trinajstić information content (AvgIpc) is 2.94. The first-order valence-electron chi connectivity index (χ1n) is 7.01. The Morgan fingerprint density at radius 2 is 1.92 bits per heavy atom. The largest absolute Gasteiger partial charge is 0.361 e. The molecule has 0 saturated carbocycles. The summed E-state index contributed by atoms with van der Waals surface area (Å²) >= 11 is 0. The van der Waals surface area contributed by atoms with Crippen molar-refractivity contribution in [1.82, 2.24) is 10.5 Å². The first-order valence-corrected chi connectivity index (χ1v) is 7.01. The van der Waals surface area contributed by atoms with Crippen molar-refractivity contribution >= 4 is 17.5 Å². The van der Waals surface area contributed by atoms with Crippen molar-refractivity contribution in [3.05, 3.63) is 46.6 Å². The number of aromatic nitrogens is 1. The number of nitrogens with one attached hydrogen (secondary N) is 2. The highest BCUT2D eigenvalue weighted by Crippen LogP contribution is 2.19. The van der Waals surface area contributed by atoms with Crippen molar-refractivity contribution in [1.29, 1.82) is 0 Å². The standard InChI is InChI=1S/C15H14F3N3O3/c1-3-9-12(7(2)24-21-9)15(23)19-6-11(22)20-10-5-4-8(16)13(17)14(10)18/h4-5H,3,6H2,1-2H3,(H,19,23)(H,20,22). The van der Waals surface area contributed by atoms with E-state index in [0.29, 0.717) is 23.9 Å². The molecule has 0 saturated heterocycles. The van der Waals surface area contributed by atoms with Gasteiger partial charge in [-0.15, -0.1) is 0 Å². The number of hydrogen-bond acceptors (Lipinski definition) is 4. The van der Waals surface area contributed by atoms with E-state index in [1.54, 1.807) is 13.8 Å². The first-order chi connectivity index (χ1) is 11.3. The third-order valence-corrected chi connectivity index (χ3v) is 3.21. The number of benzene rings is 1. The van der Waals surface area contributed by atoms with Crippen LogP contribution in [0.15, 0.2) is 16.7 Å². The lowest BCUT2D eigenvalue weighted by Gasteiger charge is -2.08. The molecule has 2 N–H and O–H groups in total. The summed E-state index contributed by atoms with van der Waals surface area (Å²) in [5, 5.41) is 8.09. The van der Waals surface area contributed by atoms with Crippen LogP contribution in [0.5, 0.6) is 0 Å². The molecule has 6 nitrogen and oxygen atoms in total. The number of rotatable bonds is 5. The molecule has 1 aromatic carbocycles. The molecule has 2 rings (SSSR count). The van der Waals surface area contributed by atoms with Crippen molar-refractivity contribution in [3.63, 3.8) is 0 Å². The van der Waals surface area contributed by atoms with E-state index < -0.39 is 41.5 Å². The number of aryl methyl sites for hydroxylation is 2. The van der Waals surface area contributed by atoms with Gasteiger partial charge in [0.15, 0.2) is 17.5 Å². The lowest BCUT2D eigenvalue weighted by atomic mass is 10.1. The van der Waals surface area contributed by atoms with Gasteiger partial charge in [0.25, 0.3) is 5.91 Å². The Hall–Kier alpha value is -2.84. The van der Waals surface area contributed by atoms with E-state index >= 15 is 0 Å². The van der Waals surface area contributed by atoms with E-state index in [0.717, 1.165) is 6.07 Å². The fourth-order valence-electron chi connectivity index (χ4n) is 2.02. The maximum atomic E-state index is 13.5. The van der Waals surface area contributed by atoms with E-state index in [1.165, 1.54) is 0 Å². The summed E-state index contributed by atoms with van der Waals surface area (Å²) in [6.07, 6.45) is 0.465. The summed E-state index contributed by atoms with van der Waals surface area (Å²) in [4.78, 5) is 23.8. The van der Waals surface area contributed by atoms with Gasteiger partial charge in [0, 0.05) is 0 Å². The van der Waals surface area contributed by atoms with Crippen LogP contribution in [0.4, 0.5) is 18.9 Å². The van der Waals surface area contributed by atoms with Crippen LogP contribution >= 0.6 is 0 Å². The normalized spacial score (nSPS) is 10.5. The zero-order valence-electron chi connectivity index (χ0n) is 12.9. The van der Waals surface area contributed by atoms with Gasteiger partial charge in [0.2, 0.25) is 5.91 Å². The number of halogens is 3. The number of carbonyl (C=O) groups is 2. The highest BCUT2D eigenvalue weighted by molar-refractivity contribution is 6.00. The Morgan fingerprint density at radius 3 is 2.58 bits per heavy atom. The van der Waals surface area contributed by atoms with Gasteiger partial charge in [-0.2, -0.15) is 0 Å². The van der Waals surface area contributed by atoms with E-state index in [2.05, 4.69) is 10.5 Å². The molecular weight excluding hydrogens is 327 g/mol. The lowest BCUT2D eigenvalue weighted by Crippen LogP contribution is -2.33. The van der Waals surface area contributed by atoms with Crippen molar-refractivity contribution in [3.8, 4) is 0 Å². The van der Waals surface area contributed by atoms with Crippen LogP contribution in [0.25, 0.3) is 0 Å². The van der Waals surface area contributed by atoms with Crippen LogP contribution < -0.4 is 10.6 Å². The van der Waals surface area contributed by atoms with Crippen molar-refractivity contribution in [2.24, 2.45) is 0 Å². The number of carbonyl (C=O) groups excluding carboxylic acids is 2. The second kappa shape index (κ2) is 7.16. The number of hydrogen-bond donors (Lipinski definition) is 2. The molecular formula is C15H14F3N3O3. The molecule has 128 valence electrons. The molecule has 0 bridgehead atoms. The Bertz CT molecular complexity index is 790. The Balaban J connectivity index is 2.00. The Labute approximate surface area is 135 Å². The molecule has 9 heteroatoms. The van der Waals surface area contributed by atoms with Gasteiger partial charge in [0.1, 0.15) is 11.3 Å². The predicted molar refractivity (Wildman–Crippen MR) is 77.9 cm³/mol. The Morgan fingerprint density at radius 1 is 1.21 bits per heavy atom. The lowest BCUT2D eigenvalue weighted by molar-refractivity contribution is -0.115. The molecule has 2 aromatic rings. The molecule has 1 aromatic heterocycles. The van der Waals surface area contributed by atoms with Crippen molar-refractivity contribution < 1.29 is 27.3 Å². The van der Waals surface area contributed by atoms with E-state index in [-0.39, 0.29) is 5.56 Å². The third-order valence-electron chi connectivity index (χ3n) is 3.21. The van der Waals surface area contributed by atoms with E-state index in [4.69, 9.17) is 4.52 Å². The highest BCUT2D eigenvalue weighted by Gasteiger charge is 2.20. The van der Waals surface area contributed by atoms with Gasteiger partial charge in [-0.1, -0.05) is 12.1 Å². The van der Waals surface area contributed by atoms with Gasteiger partial charge in [-0.3, -0.25) is 9.59 Å². The van der Waals surface area contributed by atoms with Crippen LogP contribution in [0.1, 0.15) is 28.7 Å². The van der Waals surface area contributed by atoms with Crippen molar-refractivity contribution in [2.45, 2.75) is 20.3 Å². The smallest absolute Gasteiger partial charge is 0.257 e. The van der Waals surface area contributed by atoms with Gasteiger partial charge in [0.05, 0.1) is 17.9 Å². The summed E-state index contributed by atoms with van der Waals surface area (Å²) < 4.78 is 44.3. The molecule has 24 heavy (non-hydrogen) atoms. The monoisotopic (exact) mass is 341 g/mol. The van der Waals surface area contributed by atoms with Gasteiger partial charge < -0.3 is 15.2 Å². The van der Waals surface area contributed by atoms with Crippen LogP contribution in [0.2, 0.25) is 0 Å². The average molecular weight is 341 g/mol. The number of amides is 2. The second-order valence-electron chi connectivity index (χ2n) is 4.87. The summed E-state index contributed by atoms with van der Waals surface area (Å²) in [5.74, 6) is -5.65. The van der Waals surface area contributed by atoms with Crippen LogP contribution in [0.3, 0.4) is 0 Å². The summed E-state index contributed by atoms with van der Waals surface area (Å²) in [5.41, 5.74) is 0.143. The van der Waals surface area contributed by atoms with Gasteiger partial charge in [-0.25, -0.2) is 13.2 Å². The minimum atomic E-state index is -1.69. The molecule has 1 heterocycles. The van der Waals surface area contributed by atoms with Crippen molar-refractivity contribution in [2.75, 3.05) is 11.9 Å². The molecule has 0 atom stereocenters. The molecule has 0 aliphatic rings. The summed E-state index contributed by atoms with van der Waals surface area (Å²) in [6.45, 7) is 2.84. The fourth-order valence-corrected chi connectivity index (χ4v) is 2.02. The number of nitrogens with zero attached hydrogens (tertiary/aromatic N) is 1. The SMILES string of the molecule is CCc1noc(C)c1C(=O)NCC(=O)Nc1ccc(F)c(F)c1F. The minimum Gasteiger partial charge on any atom is -0.361 e. The minimum absolute atomic E-state index is 0.226. The van der Waals surface area contributed by atoms with Crippen LogP contribution in [0, 0.1) is 24.4 Å². The highest BCUT2D eigenvalue weighted by atomic mass is 19.2. The molecule has 0 aliphatic heterocycles. The molecule has 0 unspecified atom stereocenters. The van der Waals surface area contributed by atoms with E-state index in [1.807, 2.05) is 5.32 Å². The molecule has 0 fully saturated rings. The molecule has 0 spiro atoms. The quantitative estimate of drug-likeness (QED) is 0.818. The Kier molecular flexibility index (Phi) is 5.22. The predicted octanol–water partition coefficient (Wildman–Crippen LogP) is 2.33. The fraction of sp³-hybridized carbons (Fsp3) is 0.267. The zero-order valence-corrected chi connectivity index (χ0v) is 12.9. The number of anilines is 1. The third kappa shape index (κ3) is 3.55. The summed E-state index contributed by atoms with van der Waals surface area (Å²) in [6, 6.07) is 1.56. The molecule has 2 amide bonds. The topological polar surface area (TPSA) is 84.2 Å². The van der Waals surface area contributed by atoms with Gasteiger partial charge in [-0.05, 0) is 25.5 Å². The maximum Gasteiger partial charge on any atom is 0.257 e. The molecule has 0 aliphatic carbocycles. The second-order valence-corrected chi connectivity index (χ2v) is 4.87. The summed E-state index contributed by atoms with van der Waals surface area (Å²) in [7, 11) is 0. The molecule has 0 radical (unpaired) electrons. The maximum absolute atomic E-state index is 13.5. The van der Waals surface area contributed by atoms with Crippen LogP contribution in [-0.4, -0.2) is 23.5 Å².